The van der Waals surface area contributed by atoms with Crippen LogP contribution in [0.15, 0.2) is 29.2 Å². The summed E-state index contributed by atoms with van der Waals surface area (Å²) in [5, 5.41) is 0. The number of hydrogen-bond acceptors (Lipinski definition) is 5. The summed E-state index contributed by atoms with van der Waals surface area (Å²) in [6.45, 7) is 4.74. The van der Waals surface area contributed by atoms with Gasteiger partial charge in [-0.15, -0.1) is 0 Å². The summed E-state index contributed by atoms with van der Waals surface area (Å²) in [4.78, 5) is 6.11. The zero-order valence-corrected chi connectivity index (χ0v) is 17.1. The van der Waals surface area contributed by atoms with Crippen molar-refractivity contribution in [3.63, 3.8) is 0 Å². The van der Waals surface area contributed by atoms with Crippen LogP contribution in [0.3, 0.4) is 0 Å². The lowest BCUT2D eigenvalue weighted by atomic mass is 10.1. The highest BCUT2D eigenvalue weighted by molar-refractivity contribution is 7.91. The van der Waals surface area contributed by atoms with E-state index in [1.54, 1.807) is 20.1 Å². The van der Waals surface area contributed by atoms with Crippen LogP contribution < -0.4 is 9.47 Å². The molecular weight excluding hydrogens is 364 g/mol. The van der Waals surface area contributed by atoms with Gasteiger partial charge in [0.1, 0.15) is 0 Å². The fraction of sp³-hybridized carbons (Fsp3) is 0.500. The van der Waals surface area contributed by atoms with Gasteiger partial charge in [0.05, 0.1) is 24.9 Å². The Bertz CT molecular complexity index is 883. The molecule has 2 aromatic rings. The van der Waals surface area contributed by atoms with Gasteiger partial charge in [0, 0.05) is 29.6 Å². The number of aromatic amines is 1. The van der Waals surface area contributed by atoms with Crippen LogP contribution in [0.1, 0.15) is 31.9 Å². The van der Waals surface area contributed by atoms with E-state index in [4.69, 9.17) is 9.47 Å². The number of piperidine rings is 1. The maximum Gasteiger partial charge on any atom is 0.178 e. The lowest BCUT2D eigenvalue weighted by Crippen LogP contribution is -2.29. The summed E-state index contributed by atoms with van der Waals surface area (Å²) >= 11 is 0. The molecule has 0 unspecified atom stereocenters. The van der Waals surface area contributed by atoms with Crippen molar-refractivity contribution in [2.45, 2.75) is 37.6 Å². The van der Waals surface area contributed by atoms with Crippen LogP contribution in [-0.4, -0.2) is 51.4 Å². The van der Waals surface area contributed by atoms with E-state index in [1.165, 1.54) is 32.4 Å². The summed E-state index contributed by atoms with van der Waals surface area (Å²) in [7, 11) is -0.283. The predicted octanol–water partition coefficient (Wildman–Crippen LogP) is 3.48. The molecule has 0 amide bonds. The molecule has 0 radical (unpaired) electrons. The Morgan fingerprint density at radius 3 is 2.44 bits per heavy atom. The molecule has 0 atom stereocenters. The van der Waals surface area contributed by atoms with Gasteiger partial charge in [-0.05, 0) is 44.1 Å². The molecule has 7 heteroatoms. The van der Waals surface area contributed by atoms with E-state index in [0.717, 1.165) is 31.0 Å². The smallest absolute Gasteiger partial charge is 0.178 e. The van der Waals surface area contributed by atoms with Gasteiger partial charge in [-0.1, -0.05) is 13.3 Å². The molecule has 1 fully saturated rings. The first kappa shape index (κ1) is 19.8. The molecule has 3 rings (SSSR count). The van der Waals surface area contributed by atoms with Crippen LogP contribution in [0.5, 0.6) is 11.5 Å². The third-order valence-electron chi connectivity index (χ3n) is 5.07. The lowest BCUT2D eigenvalue weighted by Gasteiger charge is -2.25. The maximum atomic E-state index is 12.4. The molecule has 1 aliphatic rings. The molecule has 1 aromatic heterocycles. The van der Waals surface area contributed by atoms with Crippen LogP contribution in [0, 0.1) is 0 Å². The normalized spacial score (nSPS) is 15.7. The number of sulfone groups is 1. The Morgan fingerprint density at radius 2 is 1.81 bits per heavy atom. The average molecular weight is 393 g/mol. The molecule has 27 heavy (non-hydrogen) atoms. The number of rotatable bonds is 7. The number of benzene rings is 1. The second kappa shape index (κ2) is 8.35. The fourth-order valence-electron chi connectivity index (χ4n) is 3.53. The van der Waals surface area contributed by atoms with E-state index in [0.29, 0.717) is 17.1 Å². The summed E-state index contributed by atoms with van der Waals surface area (Å²) in [5.74, 6) is 0.973. The Labute approximate surface area is 161 Å². The van der Waals surface area contributed by atoms with E-state index < -0.39 is 9.84 Å². The average Bonchev–Trinajstić information content (AvgIpc) is 3.15. The second-order valence-electron chi connectivity index (χ2n) is 6.84. The third kappa shape index (κ3) is 4.30. The first-order valence-corrected chi connectivity index (χ1v) is 11.0. The molecule has 0 aliphatic carbocycles. The number of methoxy groups -OCH3 is 2. The van der Waals surface area contributed by atoms with Gasteiger partial charge >= 0.3 is 0 Å². The number of hydrogen-bond donors (Lipinski definition) is 1. The van der Waals surface area contributed by atoms with Crippen molar-refractivity contribution in [2.24, 2.45) is 0 Å². The predicted molar refractivity (Wildman–Crippen MR) is 106 cm³/mol. The largest absolute Gasteiger partial charge is 0.493 e. The minimum atomic E-state index is -3.36. The zero-order chi connectivity index (χ0) is 19.4. The van der Waals surface area contributed by atoms with Gasteiger partial charge in [-0.2, -0.15) is 0 Å². The van der Waals surface area contributed by atoms with Crippen LogP contribution in [-0.2, 0) is 16.4 Å². The highest BCUT2D eigenvalue weighted by Crippen LogP contribution is 2.40. The molecule has 1 N–H and O–H groups in total. The minimum absolute atomic E-state index is 0.0346. The first-order valence-electron chi connectivity index (χ1n) is 9.38. The van der Waals surface area contributed by atoms with Crippen molar-refractivity contribution in [3.05, 3.63) is 30.0 Å². The minimum Gasteiger partial charge on any atom is -0.493 e. The van der Waals surface area contributed by atoms with Crippen molar-refractivity contribution in [3.8, 4) is 22.8 Å². The number of ether oxygens (including phenoxy) is 2. The van der Waals surface area contributed by atoms with E-state index in [-0.39, 0.29) is 10.6 Å². The van der Waals surface area contributed by atoms with E-state index in [9.17, 15) is 8.42 Å². The van der Waals surface area contributed by atoms with Crippen LogP contribution in [0.2, 0.25) is 0 Å². The highest BCUT2D eigenvalue weighted by atomic mass is 32.2. The summed E-state index contributed by atoms with van der Waals surface area (Å²) in [5.41, 5.74) is 2.62. The van der Waals surface area contributed by atoms with Gasteiger partial charge in [-0.3, -0.25) is 4.90 Å². The molecule has 1 aromatic carbocycles. The molecule has 0 spiro atoms. The molecule has 1 aliphatic heterocycles. The Kier molecular flexibility index (Phi) is 6.11. The topological polar surface area (TPSA) is 71.6 Å². The molecule has 0 bridgehead atoms. The number of aromatic nitrogens is 1. The molecule has 2 heterocycles. The van der Waals surface area contributed by atoms with Crippen molar-refractivity contribution >= 4 is 9.84 Å². The number of nitrogens with one attached hydrogen (secondary N) is 1. The summed E-state index contributed by atoms with van der Waals surface area (Å²) < 4.78 is 35.7. The molecule has 0 saturated carbocycles. The third-order valence-corrected chi connectivity index (χ3v) is 6.78. The van der Waals surface area contributed by atoms with E-state index in [2.05, 4.69) is 16.0 Å². The number of H-pyrrole nitrogens is 1. The molecule has 1 saturated heterocycles. The van der Waals surface area contributed by atoms with E-state index >= 15 is 0 Å². The first-order chi connectivity index (χ1) is 13.0. The monoisotopic (exact) mass is 392 g/mol. The Morgan fingerprint density at radius 1 is 1.07 bits per heavy atom. The zero-order valence-electron chi connectivity index (χ0n) is 16.2. The van der Waals surface area contributed by atoms with Gasteiger partial charge < -0.3 is 14.5 Å². The Balaban J connectivity index is 1.98. The second-order valence-corrected chi connectivity index (χ2v) is 9.12. The lowest BCUT2D eigenvalue weighted by molar-refractivity contribution is 0.219. The maximum absolute atomic E-state index is 12.4. The fourth-order valence-corrected chi connectivity index (χ4v) is 4.45. The van der Waals surface area contributed by atoms with Gasteiger partial charge in [-0.25, -0.2) is 8.42 Å². The van der Waals surface area contributed by atoms with Gasteiger partial charge in [0.2, 0.25) is 0 Å². The van der Waals surface area contributed by atoms with Crippen molar-refractivity contribution in [2.75, 3.05) is 33.1 Å². The summed E-state index contributed by atoms with van der Waals surface area (Å²) in [6.07, 6.45) is 3.80. The number of nitrogens with zero attached hydrogens (tertiary/aromatic N) is 1. The van der Waals surface area contributed by atoms with Crippen LogP contribution in [0.25, 0.3) is 11.3 Å². The molecular formula is C20H28N2O4S. The standard InChI is InChI=1S/C20H28N2O4S/c1-4-27(23,24)16-12-17(20(26-3)19(13-16)25-2)18-9-8-15(21-18)14-22-10-6-5-7-11-22/h8-9,12-13,21H,4-7,10-11,14H2,1-3H3. The van der Waals surface area contributed by atoms with Crippen molar-refractivity contribution in [1.29, 1.82) is 0 Å². The van der Waals surface area contributed by atoms with Gasteiger partial charge in [0.15, 0.2) is 21.3 Å². The van der Waals surface area contributed by atoms with E-state index in [1.807, 2.05) is 6.07 Å². The SMILES string of the molecule is CCS(=O)(=O)c1cc(OC)c(OC)c(-c2ccc(CN3CCCCC3)[nH]2)c1. The van der Waals surface area contributed by atoms with Crippen molar-refractivity contribution in [1.82, 2.24) is 9.88 Å². The van der Waals surface area contributed by atoms with Crippen LogP contribution in [0.4, 0.5) is 0 Å². The molecule has 148 valence electrons. The molecule has 6 nitrogen and oxygen atoms in total. The quantitative estimate of drug-likeness (QED) is 0.781. The van der Waals surface area contributed by atoms with Crippen molar-refractivity contribution < 1.29 is 17.9 Å². The Hall–Kier alpha value is -1.99. The van der Waals surface area contributed by atoms with Gasteiger partial charge in [0.25, 0.3) is 0 Å². The highest BCUT2D eigenvalue weighted by Gasteiger charge is 2.21. The summed E-state index contributed by atoms with van der Waals surface area (Å²) in [6, 6.07) is 7.21. The number of likely N-dealkylation sites (tertiary alicyclic amines) is 1. The van der Waals surface area contributed by atoms with Crippen LogP contribution >= 0.6 is 0 Å².